The summed E-state index contributed by atoms with van der Waals surface area (Å²) in [6.45, 7) is 5.56. The molecule has 3 rings (SSSR count). The van der Waals surface area contributed by atoms with Crippen LogP contribution in [0.2, 0.25) is 0 Å². The molecule has 0 saturated heterocycles. The fourth-order valence-electron chi connectivity index (χ4n) is 4.22. The van der Waals surface area contributed by atoms with Crippen LogP contribution in [0.3, 0.4) is 0 Å². The number of halogens is 3. The molecule has 0 unspecified atom stereocenters. The molecule has 39 heavy (non-hydrogen) atoms. The fraction of sp³-hybridized carbons (Fsp3) is 0.464. The van der Waals surface area contributed by atoms with E-state index in [1.54, 1.807) is 59.1 Å². The van der Waals surface area contributed by atoms with Gasteiger partial charge in [0.25, 0.3) is 0 Å². The van der Waals surface area contributed by atoms with Crippen molar-refractivity contribution in [3.8, 4) is 5.75 Å². The molecule has 1 amide bonds. The number of fused-ring (bicyclic) bond motifs is 1. The Kier molecular flexibility index (Phi) is 9.14. The molecule has 3 aromatic rings. The van der Waals surface area contributed by atoms with Crippen LogP contribution in [0.5, 0.6) is 5.75 Å². The number of alkyl halides is 3. The van der Waals surface area contributed by atoms with Gasteiger partial charge in [0.1, 0.15) is 11.4 Å². The van der Waals surface area contributed by atoms with E-state index in [0.29, 0.717) is 29.5 Å². The van der Waals surface area contributed by atoms with Gasteiger partial charge in [-0.05, 0) is 69.9 Å². The number of Topliss-reactive ketones (excluding diaryl/α,β-unsaturated/α-hetero) is 1. The zero-order valence-electron chi connectivity index (χ0n) is 22.8. The van der Waals surface area contributed by atoms with Crippen molar-refractivity contribution in [3.63, 3.8) is 0 Å². The van der Waals surface area contributed by atoms with E-state index in [9.17, 15) is 27.6 Å². The topological polar surface area (TPSA) is 82.8 Å². The monoisotopic (exact) mass is 549 g/mol. The Morgan fingerprint density at radius 2 is 1.59 bits per heavy atom. The van der Waals surface area contributed by atoms with E-state index in [4.69, 9.17) is 4.74 Å². The number of carbonyl (C=O) groups excluding carboxylic acids is 2. The highest BCUT2D eigenvalue weighted by molar-refractivity contribution is 5.99. The van der Waals surface area contributed by atoms with E-state index < -0.39 is 18.1 Å². The third-order valence-corrected chi connectivity index (χ3v) is 6.18. The highest BCUT2D eigenvalue weighted by Crippen LogP contribution is 2.27. The van der Waals surface area contributed by atoms with Crippen LogP contribution in [0.25, 0.3) is 11.0 Å². The van der Waals surface area contributed by atoms with Crippen molar-refractivity contribution < 1.29 is 32.2 Å². The molecule has 0 saturated carbocycles. The van der Waals surface area contributed by atoms with Crippen LogP contribution in [0.15, 0.2) is 47.3 Å². The van der Waals surface area contributed by atoms with Gasteiger partial charge in [0.2, 0.25) is 0 Å². The van der Waals surface area contributed by atoms with Crippen molar-refractivity contribution >= 4 is 22.9 Å². The summed E-state index contributed by atoms with van der Waals surface area (Å²) in [7, 11) is 3.32. The van der Waals surface area contributed by atoms with Gasteiger partial charge in [0.15, 0.2) is 5.78 Å². The molecule has 1 heterocycles. The van der Waals surface area contributed by atoms with Crippen LogP contribution < -0.4 is 10.4 Å². The van der Waals surface area contributed by atoms with Gasteiger partial charge in [-0.3, -0.25) is 13.9 Å². The quantitative estimate of drug-likeness (QED) is 0.243. The molecule has 0 aliphatic rings. The van der Waals surface area contributed by atoms with Gasteiger partial charge in [-0.2, -0.15) is 0 Å². The number of rotatable bonds is 10. The number of benzene rings is 2. The molecule has 0 fully saturated rings. The highest BCUT2D eigenvalue weighted by Gasteiger charge is 2.32. The molecule has 11 heteroatoms. The second-order valence-electron chi connectivity index (χ2n) is 10.4. The van der Waals surface area contributed by atoms with Gasteiger partial charge < -0.3 is 14.4 Å². The molecule has 0 radical (unpaired) electrons. The van der Waals surface area contributed by atoms with Gasteiger partial charge in [-0.25, -0.2) is 9.59 Å². The summed E-state index contributed by atoms with van der Waals surface area (Å²) in [6.07, 6.45) is -4.09. The van der Waals surface area contributed by atoms with Crippen molar-refractivity contribution in [1.29, 1.82) is 0 Å². The lowest BCUT2D eigenvalue weighted by Gasteiger charge is -2.27. The Hall–Kier alpha value is -3.76. The molecule has 8 nitrogen and oxygen atoms in total. The summed E-state index contributed by atoms with van der Waals surface area (Å²) in [6, 6.07) is 10.9. The predicted molar refractivity (Wildman–Crippen MR) is 141 cm³/mol. The largest absolute Gasteiger partial charge is 0.573 e. The fourth-order valence-corrected chi connectivity index (χ4v) is 4.22. The average molecular weight is 550 g/mol. The summed E-state index contributed by atoms with van der Waals surface area (Å²) in [5, 5.41) is 0. The van der Waals surface area contributed by atoms with E-state index in [1.165, 1.54) is 32.2 Å². The third kappa shape index (κ3) is 8.11. The van der Waals surface area contributed by atoms with Crippen LogP contribution in [-0.4, -0.2) is 51.0 Å². The summed E-state index contributed by atoms with van der Waals surface area (Å²) in [4.78, 5) is 39.2. The molecule has 1 aromatic heterocycles. The minimum absolute atomic E-state index is 0.0877. The predicted octanol–water partition coefficient (Wildman–Crippen LogP) is 5.61. The van der Waals surface area contributed by atoms with Gasteiger partial charge in [-0.1, -0.05) is 18.2 Å². The number of nitrogens with zero attached hydrogens (tertiary/aromatic N) is 3. The molecule has 0 atom stereocenters. The van der Waals surface area contributed by atoms with Crippen molar-refractivity contribution in [1.82, 2.24) is 14.0 Å². The van der Waals surface area contributed by atoms with E-state index in [2.05, 4.69) is 4.74 Å². The smallest absolute Gasteiger partial charge is 0.444 e. The normalized spacial score (nSPS) is 12.0. The second-order valence-corrected chi connectivity index (χ2v) is 10.4. The number of ketones is 1. The highest BCUT2D eigenvalue weighted by atomic mass is 19.4. The Labute approximate surface area is 224 Å². The molecule has 0 spiro atoms. The summed E-state index contributed by atoms with van der Waals surface area (Å²) >= 11 is 0. The molecule has 0 N–H and O–H groups in total. The minimum atomic E-state index is -4.83. The van der Waals surface area contributed by atoms with Crippen LogP contribution in [0, 0.1) is 0 Å². The Morgan fingerprint density at radius 3 is 2.26 bits per heavy atom. The van der Waals surface area contributed by atoms with Crippen molar-refractivity contribution in [2.45, 2.75) is 58.4 Å². The van der Waals surface area contributed by atoms with Crippen LogP contribution in [0.1, 0.15) is 56.0 Å². The van der Waals surface area contributed by atoms with Gasteiger partial charge in [0.05, 0.1) is 11.0 Å². The number of imidazole rings is 1. The Bertz CT molecular complexity index is 1390. The van der Waals surface area contributed by atoms with Crippen molar-refractivity contribution in [3.05, 3.63) is 64.1 Å². The third-order valence-electron chi connectivity index (χ3n) is 6.18. The number of hydrogen-bond acceptors (Lipinski definition) is 5. The molecular formula is C28H34F3N3O5. The molecule has 212 valence electrons. The second kappa shape index (κ2) is 12.0. The van der Waals surface area contributed by atoms with Crippen LogP contribution in [-0.2, 0) is 25.3 Å². The van der Waals surface area contributed by atoms with E-state index in [1.807, 2.05) is 0 Å². The molecule has 2 aromatic carbocycles. The first-order valence-corrected chi connectivity index (χ1v) is 12.7. The Morgan fingerprint density at radius 1 is 0.923 bits per heavy atom. The van der Waals surface area contributed by atoms with Crippen molar-refractivity contribution in [2.75, 3.05) is 13.1 Å². The maximum Gasteiger partial charge on any atom is 0.573 e. The number of amides is 1. The summed E-state index contributed by atoms with van der Waals surface area (Å²) in [5.41, 5.74) is 1.27. The van der Waals surface area contributed by atoms with Gasteiger partial charge in [-0.15, -0.1) is 13.2 Å². The number of carbonyl (C=O) groups is 2. The molecule has 0 bridgehead atoms. The first kappa shape index (κ1) is 29.8. The zero-order valence-corrected chi connectivity index (χ0v) is 22.8. The maximum absolute atomic E-state index is 12.8. The van der Waals surface area contributed by atoms with Gasteiger partial charge >= 0.3 is 18.1 Å². The number of aryl methyl sites for hydroxylation is 2. The average Bonchev–Trinajstić information content (AvgIpc) is 3.05. The van der Waals surface area contributed by atoms with Crippen LogP contribution in [0.4, 0.5) is 18.0 Å². The zero-order chi connectivity index (χ0) is 29.0. The first-order valence-electron chi connectivity index (χ1n) is 12.7. The molecular weight excluding hydrogens is 515 g/mol. The number of hydrogen-bond donors (Lipinski definition) is 0. The standard InChI is InChI=1S/C28H34F3N3O5/c1-27(2,3)39-26(37)34(17-15-19-10-6-7-12-24(19)38-28(29,30)31)16-9-8-11-23(35)20-13-14-21-22(18-20)33(5)25(36)32(21)4/h6-7,10,12-14,18H,8-9,11,15-17H2,1-5H3. The number of para-hydroxylation sites is 1. The minimum Gasteiger partial charge on any atom is -0.444 e. The SMILES string of the molecule is Cn1c(=O)n(C)c2cc(C(=O)CCCCN(CCc3ccccc3OC(F)(F)F)C(=O)OC(C)(C)C)ccc21. The van der Waals surface area contributed by atoms with Crippen molar-refractivity contribution in [2.24, 2.45) is 14.1 Å². The van der Waals surface area contributed by atoms with E-state index in [0.717, 1.165) is 5.52 Å². The molecule has 0 aliphatic carbocycles. The first-order chi connectivity index (χ1) is 18.2. The Balaban J connectivity index is 1.63. The lowest BCUT2D eigenvalue weighted by molar-refractivity contribution is -0.274. The lowest BCUT2D eigenvalue weighted by atomic mass is 10.0. The van der Waals surface area contributed by atoms with Gasteiger partial charge in [0, 0.05) is 39.2 Å². The number of ether oxygens (including phenoxy) is 2. The van der Waals surface area contributed by atoms with E-state index >= 15 is 0 Å². The number of aromatic nitrogens is 2. The summed E-state index contributed by atoms with van der Waals surface area (Å²) < 4.78 is 51.0. The lowest BCUT2D eigenvalue weighted by Crippen LogP contribution is -2.38. The maximum atomic E-state index is 12.8. The van der Waals surface area contributed by atoms with E-state index in [-0.39, 0.29) is 43.2 Å². The number of unbranched alkanes of at least 4 members (excludes halogenated alkanes) is 1. The summed E-state index contributed by atoms with van der Waals surface area (Å²) in [5.74, 6) is -0.400. The molecule has 0 aliphatic heterocycles. The van der Waals surface area contributed by atoms with Crippen LogP contribution >= 0.6 is 0 Å².